The molecule has 2 aromatic carbocycles. The van der Waals surface area contributed by atoms with Crippen molar-refractivity contribution in [3.8, 4) is 0 Å². The van der Waals surface area contributed by atoms with E-state index in [0.29, 0.717) is 5.56 Å². The highest BCUT2D eigenvalue weighted by Gasteiger charge is 2.35. The number of hydrogen-bond donors (Lipinski definition) is 1. The smallest absolute Gasteiger partial charge is 0.270 e. The highest BCUT2D eigenvalue weighted by molar-refractivity contribution is 7.80. The predicted molar refractivity (Wildman–Crippen MR) is 113 cm³/mol. The summed E-state index contributed by atoms with van der Waals surface area (Å²) in [5.74, 6) is -1.86. The first-order valence-corrected chi connectivity index (χ1v) is 9.38. The molecule has 1 saturated heterocycles. The minimum absolute atomic E-state index is 0.000260. The summed E-state index contributed by atoms with van der Waals surface area (Å²) in [5.41, 5.74) is 1.64. The standard InChI is InChI=1S/C21H20FN3O2S/c1-3-24(4-2)15-11-9-14(10-12-15)13-16-19(26)23-21(28)25(20(16)27)18-8-6-5-7-17(18)22/h5-13H,3-4H2,1-2H3,(H,23,26,28)/b16-13+. The predicted octanol–water partition coefficient (Wildman–Crippen LogP) is 3.50. The number of anilines is 2. The minimum atomic E-state index is -0.660. The third kappa shape index (κ3) is 3.80. The molecule has 0 aromatic heterocycles. The van der Waals surface area contributed by atoms with Crippen molar-refractivity contribution in [3.63, 3.8) is 0 Å². The molecule has 0 saturated carbocycles. The number of carbonyl (C=O) groups excluding carboxylic acids is 2. The van der Waals surface area contributed by atoms with Crippen LogP contribution in [0.4, 0.5) is 15.8 Å². The van der Waals surface area contributed by atoms with Crippen LogP contribution in [-0.4, -0.2) is 30.0 Å². The van der Waals surface area contributed by atoms with E-state index in [1.54, 1.807) is 6.07 Å². The van der Waals surface area contributed by atoms with Gasteiger partial charge in [-0.25, -0.2) is 9.29 Å². The largest absolute Gasteiger partial charge is 0.372 e. The van der Waals surface area contributed by atoms with E-state index in [-0.39, 0.29) is 16.4 Å². The maximum atomic E-state index is 14.2. The van der Waals surface area contributed by atoms with Gasteiger partial charge in [-0.15, -0.1) is 0 Å². The molecule has 0 unspecified atom stereocenters. The van der Waals surface area contributed by atoms with Gasteiger partial charge in [0.05, 0.1) is 5.69 Å². The number of halogens is 1. The van der Waals surface area contributed by atoms with Gasteiger partial charge < -0.3 is 4.90 Å². The summed E-state index contributed by atoms with van der Waals surface area (Å²) in [6.45, 7) is 5.91. The van der Waals surface area contributed by atoms with E-state index in [2.05, 4.69) is 24.1 Å². The number of nitrogens with one attached hydrogen (secondary N) is 1. The summed E-state index contributed by atoms with van der Waals surface area (Å²) in [5, 5.41) is 2.31. The van der Waals surface area contributed by atoms with Gasteiger partial charge in [0, 0.05) is 18.8 Å². The third-order valence-electron chi connectivity index (χ3n) is 4.53. The van der Waals surface area contributed by atoms with Crippen molar-refractivity contribution in [2.75, 3.05) is 22.9 Å². The zero-order chi connectivity index (χ0) is 20.3. The number of nitrogens with zero attached hydrogens (tertiary/aromatic N) is 2. The van der Waals surface area contributed by atoms with Crippen molar-refractivity contribution in [1.29, 1.82) is 0 Å². The normalized spacial score (nSPS) is 15.8. The molecular formula is C21H20FN3O2S. The Bertz CT molecular complexity index is 952. The number of amides is 2. The Morgan fingerprint density at radius 2 is 1.71 bits per heavy atom. The summed E-state index contributed by atoms with van der Waals surface area (Å²) in [4.78, 5) is 28.4. The quantitative estimate of drug-likeness (QED) is 0.477. The van der Waals surface area contributed by atoms with Crippen LogP contribution in [-0.2, 0) is 9.59 Å². The summed E-state index contributed by atoms with van der Waals surface area (Å²) < 4.78 is 14.2. The number of thiocarbonyl (C=S) groups is 1. The van der Waals surface area contributed by atoms with Gasteiger partial charge in [0.15, 0.2) is 5.11 Å². The van der Waals surface area contributed by atoms with Crippen LogP contribution in [0, 0.1) is 5.82 Å². The zero-order valence-corrected chi connectivity index (χ0v) is 16.4. The summed E-state index contributed by atoms with van der Waals surface area (Å²) in [6.07, 6.45) is 1.49. The molecule has 5 nitrogen and oxygen atoms in total. The summed E-state index contributed by atoms with van der Waals surface area (Å²) >= 11 is 5.09. The molecule has 2 amide bonds. The van der Waals surface area contributed by atoms with Gasteiger partial charge in [-0.2, -0.15) is 0 Å². The lowest BCUT2D eigenvalue weighted by Crippen LogP contribution is -2.54. The van der Waals surface area contributed by atoms with Gasteiger partial charge in [-0.05, 0) is 62.0 Å². The van der Waals surface area contributed by atoms with Crippen molar-refractivity contribution in [2.45, 2.75) is 13.8 Å². The molecule has 1 aliphatic rings. The number of rotatable bonds is 5. The molecule has 1 heterocycles. The average molecular weight is 397 g/mol. The number of carbonyl (C=O) groups is 2. The van der Waals surface area contributed by atoms with E-state index in [9.17, 15) is 14.0 Å². The Kier molecular flexibility index (Phi) is 5.84. The molecule has 1 fully saturated rings. The number of hydrogen-bond acceptors (Lipinski definition) is 4. The molecule has 0 radical (unpaired) electrons. The summed E-state index contributed by atoms with van der Waals surface area (Å²) in [6, 6.07) is 13.3. The minimum Gasteiger partial charge on any atom is -0.372 e. The van der Waals surface area contributed by atoms with E-state index in [1.165, 1.54) is 24.3 Å². The Morgan fingerprint density at radius 1 is 1.07 bits per heavy atom. The van der Waals surface area contributed by atoms with Gasteiger partial charge >= 0.3 is 0 Å². The van der Waals surface area contributed by atoms with E-state index in [0.717, 1.165) is 23.7 Å². The van der Waals surface area contributed by atoms with Gasteiger partial charge in [-0.1, -0.05) is 24.3 Å². The first-order chi connectivity index (χ1) is 13.5. The molecule has 7 heteroatoms. The Hall–Kier alpha value is -3.06. The molecule has 0 spiro atoms. The molecule has 144 valence electrons. The van der Waals surface area contributed by atoms with Crippen molar-refractivity contribution < 1.29 is 14.0 Å². The molecule has 0 atom stereocenters. The number of para-hydroxylation sites is 1. The summed E-state index contributed by atoms with van der Waals surface area (Å²) in [7, 11) is 0. The first kappa shape index (κ1) is 19.7. The fraction of sp³-hybridized carbons (Fsp3) is 0.190. The molecule has 2 aromatic rings. The topological polar surface area (TPSA) is 52.7 Å². The first-order valence-electron chi connectivity index (χ1n) is 8.97. The monoisotopic (exact) mass is 397 g/mol. The molecule has 1 aliphatic heterocycles. The van der Waals surface area contributed by atoms with Gasteiger partial charge in [0.25, 0.3) is 11.8 Å². The van der Waals surface area contributed by atoms with Crippen molar-refractivity contribution in [3.05, 3.63) is 65.5 Å². The van der Waals surface area contributed by atoms with Crippen LogP contribution >= 0.6 is 12.2 Å². The van der Waals surface area contributed by atoms with Crippen LogP contribution in [0.1, 0.15) is 19.4 Å². The van der Waals surface area contributed by atoms with Crippen LogP contribution in [0.5, 0.6) is 0 Å². The van der Waals surface area contributed by atoms with Crippen molar-refractivity contribution >= 4 is 46.6 Å². The van der Waals surface area contributed by atoms with Crippen LogP contribution < -0.4 is 15.1 Å². The number of benzene rings is 2. The molecule has 3 rings (SSSR count). The second-order valence-electron chi connectivity index (χ2n) is 6.17. The lowest BCUT2D eigenvalue weighted by molar-refractivity contribution is -0.122. The van der Waals surface area contributed by atoms with E-state index >= 15 is 0 Å². The van der Waals surface area contributed by atoms with Crippen LogP contribution in [0.2, 0.25) is 0 Å². The fourth-order valence-corrected chi connectivity index (χ4v) is 3.32. The Morgan fingerprint density at radius 3 is 2.32 bits per heavy atom. The van der Waals surface area contributed by atoms with Crippen LogP contribution in [0.25, 0.3) is 6.08 Å². The van der Waals surface area contributed by atoms with E-state index in [1.807, 2.05) is 24.3 Å². The van der Waals surface area contributed by atoms with Crippen molar-refractivity contribution in [2.24, 2.45) is 0 Å². The second-order valence-corrected chi connectivity index (χ2v) is 6.56. The highest BCUT2D eigenvalue weighted by atomic mass is 32.1. The van der Waals surface area contributed by atoms with Crippen LogP contribution in [0.3, 0.4) is 0 Å². The van der Waals surface area contributed by atoms with E-state index < -0.39 is 17.6 Å². The third-order valence-corrected chi connectivity index (χ3v) is 4.81. The Labute approximate surface area is 168 Å². The molecule has 0 aliphatic carbocycles. The van der Waals surface area contributed by atoms with Crippen molar-refractivity contribution in [1.82, 2.24) is 5.32 Å². The van der Waals surface area contributed by atoms with E-state index in [4.69, 9.17) is 12.2 Å². The van der Waals surface area contributed by atoms with Gasteiger partial charge in [0.2, 0.25) is 0 Å². The Balaban J connectivity index is 1.94. The zero-order valence-electron chi connectivity index (χ0n) is 15.6. The maximum absolute atomic E-state index is 14.2. The average Bonchev–Trinajstić information content (AvgIpc) is 2.68. The second kappa shape index (κ2) is 8.31. The van der Waals surface area contributed by atoms with Gasteiger partial charge in [0.1, 0.15) is 11.4 Å². The molecule has 28 heavy (non-hydrogen) atoms. The highest BCUT2D eigenvalue weighted by Crippen LogP contribution is 2.25. The molecular weight excluding hydrogens is 377 g/mol. The maximum Gasteiger partial charge on any atom is 0.270 e. The fourth-order valence-electron chi connectivity index (χ4n) is 3.05. The molecule has 1 N–H and O–H groups in total. The lowest BCUT2D eigenvalue weighted by atomic mass is 10.1. The van der Waals surface area contributed by atoms with Crippen LogP contribution in [0.15, 0.2) is 54.1 Å². The van der Waals surface area contributed by atoms with Gasteiger partial charge in [-0.3, -0.25) is 14.9 Å². The SMILES string of the molecule is CCN(CC)c1ccc(/C=C2\C(=O)NC(=S)N(c3ccccc3F)C2=O)cc1. The lowest BCUT2D eigenvalue weighted by Gasteiger charge is -2.29. The molecule has 0 bridgehead atoms.